The summed E-state index contributed by atoms with van der Waals surface area (Å²) < 4.78 is 17.2. The van der Waals surface area contributed by atoms with Crippen molar-refractivity contribution in [2.24, 2.45) is 4.99 Å². The maximum absolute atomic E-state index is 11.7. The highest BCUT2D eigenvalue weighted by Crippen LogP contribution is 2.33. The molecule has 2 saturated heterocycles. The van der Waals surface area contributed by atoms with Gasteiger partial charge in [0.25, 0.3) is 5.56 Å². The van der Waals surface area contributed by atoms with Crippen molar-refractivity contribution in [2.75, 3.05) is 33.1 Å². The maximum Gasteiger partial charge on any atom is 0.258 e. The molecule has 15 nitrogen and oxygen atoms in total. The van der Waals surface area contributed by atoms with E-state index in [1.165, 1.54) is 10.5 Å². The van der Waals surface area contributed by atoms with Crippen LogP contribution in [-0.4, -0.2) is 100 Å². The number of hydrogen-bond acceptors (Lipinski definition) is 12. The lowest BCUT2D eigenvalue weighted by Gasteiger charge is -2.17. The zero-order chi connectivity index (χ0) is 36.9. The van der Waals surface area contributed by atoms with E-state index in [0.29, 0.717) is 18.0 Å². The van der Waals surface area contributed by atoms with Gasteiger partial charge in [0.15, 0.2) is 0 Å². The quantitative estimate of drug-likeness (QED) is 0.0715. The summed E-state index contributed by atoms with van der Waals surface area (Å²) in [6.07, 6.45) is 16.4. The molecule has 276 valence electrons. The van der Waals surface area contributed by atoms with Gasteiger partial charge in [0.1, 0.15) is 27.1 Å². The second-order valence-electron chi connectivity index (χ2n) is 11.0. The number of ether oxygens (including phenoxy) is 2. The Bertz CT molecular complexity index is 1660. The minimum absolute atomic E-state index is 0.0553. The summed E-state index contributed by atoms with van der Waals surface area (Å²) in [6.45, 7) is 4.27. The van der Waals surface area contributed by atoms with E-state index in [1.54, 1.807) is 31.1 Å². The van der Waals surface area contributed by atoms with Crippen molar-refractivity contribution in [2.45, 2.75) is 83.5 Å². The van der Waals surface area contributed by atoms with E-state index in [2.05, 4.69) is 27.6 Å². The smallest absolute Gasteiger partial charge is 0.258 e. The van der Waals surface area contributed by atoms with Crippen LogP contribution in [0.3, 0.4) is 0 Å². The van der Waals surface area contributed by atoms with Crippen LogP contribution in [0.25, 0.3) is 16.8 Å². The van der Waals surface area contributed by atoms with Crippen LogP contribution < -0.4 is 5.56 Å². The number of hydrogen-bond donors (Lipinski definition) is 5. The van der Waals surface area contributed by atoms with Crippen LogP contribution in [0, 0.1) is 11.3 Å². The normalized spacial score (nSPS) is 19.4. The number of aliphatic hydroxyl groups excluding tert-OH is 2. The van der Waals surface area contributed by atoms with Crippen molar-refractivity contribution in [3.8, 4) is 6.07 Å². The first-order chi connectivity index (χ1) is 24.3. The first-order valence-electron chi connectivity index (χ1n) is 16.6. The topological polar surface area (TPSA) is 196 Å². The number of aromatic nitrogens is 5. The number of imidazole rings is 1. The van der Waals surface area contributed by atoms with Crippen LogP contribution in [0.1, 0.15) is 71.2 Å². The van der Waals surface area contributed by atoms with Gasteiger partial charge >= 0.3 is 0 Å². The minimum atomic E-state index is -0.917. The molecule has 0 radical (unpaired) electrons. The van der Waals surface area contributed by atoms with Gasteiger partial charge in [0, 0.05) is 75.3 Å². The number of aliphatic hydroxyl groups is 2. The molecular weight excluding hydrogens is 683 g/mol. The van der Waals surface area contributed by atoms with Crippen molar-refractivity contribution in [1.29, 1.82) is 5.26 Å². The first-order valence-corrected chi connectivity index (χ1v) is 18.1. The van der Waals surface area contributed by atoms with Crippen molar-refractivity contribution in [3.05, 3.63) is 59.5 Å². The molecule has 2 aliphatic heterocycles. The van der Waals surface area contributed by atoms with Crippen LogP contribution in [0.4, 0.5) is 5.69 Å². The molecule has 0 spiro atoms. The molecule has 2 aliphatic rings. The molecular formula is C33H51N8O7PS. The van der Waals surface area contributed by atoms with Gasteiger partial charge in [0.2, 0.25) is 5.78 Å². The summed E-state index contributed by atoms with van der Waals surface area (Å²) in [5.74, 6) is 1.29. The number of nitrogens with zero attached hydrogens (tertiary/aromatic N) is 8. The summed E-state index contributed by atoms with van der Waals surface area (Å²) >= 11 is 3.78. The highest BCUT2D eigenvalue weighted by molar-refractivity contribution is 7.80. The molecule has 50 heavy (non-hydrogen) atoms. The molecule has 4 N–H and O–H groups in total. The first kappa shape index (κ1) is 42.8. The van der Waals surface area contributed by atoms with Crippen LogP contribution in [0.5, 0.6) is 0 Å². The molecule has 0 amide bonds. The Balaban J connectivity index is 0.000000276. The summed E-state index contributed by atoms with van der Waals surface area (Å²) in [7, 11) is 2.96. The van der Waals surface area contributed by atoms with E-state index in [0.717, 1.165) is 55.2 Å². The summed E-state index contributed by atoms with van der Waals surface area (Å²) in [5.41, 5.74) is 1.68. The van der Waals surface area contributed by atoms with E-state index in [1.807, 2.05) is 66.4 Å². The molecule has 4 aromatic heterocycles. The predicted molar refractivity (Wildman–Crippen MR) is 199 cm³/mol. The van der Waals surface area contributed by atoms with Crippen LogP contribution in [0.2, 0.25) is 0 Å². The fourth-order valence-electron chi connectivity index (χ4n) is 5.24. The largest absolute Gasteiger partial charge is 0.396 e. The summed E-state index contributed by atoms with van der Waals surface area (Å²) in [4.78, 5) is 41.0. The second kappa shape index (κ2) is 23.9. The number of thiol groups is 1. The molecule has 0 saturated carbocycles. The number of rotatable bonds is 9. The fraction of sp³-hybridized carbons (Fsp3) is 0.545. The van der Waals surface area contributed by atoms with E-state index in [9.17, 15) is 9.90 Å². The van der Waals surface area contributed by atoms with Crippen molar-refractivity contribution < 1.29 is 29.5 Å². The molecule has 4 unspecified atom stereocenters. The number of fused-ring (bicyclic) bond motifs is 2. The van der Waals surface area contributed by atoms with E-state index in [4.69, 9.17) is 29.6 Å². The highest BCUT2D eigenvalue weighted by atomic mass is 32.1. The van der Waals surface area contributed by atoms with Crippen molar-refractivity contribution in [3.63, 3.8) is 0 Å². The average Bonchev–Trinajstić information content (AvgIpc) is 3.96. The number of aliphatic imine (C=N–C) groups is 1. The third-order valence-corrected chi connectivity index (χ3v) is 7.61. The van der Waals surface area contributed by atoms with Gasteiger partial charge < -0.3 is 38.9 Å². The Morgan fingerprint density at radius 3 is 2.28 bits per heavy atom. The Labute approximate surface area is 300 Å². The molecule has 17 heteroatoms. The fourth-order valence-corrected chi connectivity index (χ4v) is 5.34. The van der Waals surface area contributed by atoms with Crippen LogP contribution in [0.15, 0.2) is 59.0 Å². The van der Waals surface area contributed by atoms with Gasteiger partial charge in [-0.3, -0.25) is 13.8 Å². The lowest BCUT2D eigenvalue weighted by atomic mass is 10.1. The van der Waals surface area contributed by atoms with Gasteiger partial charge in [-0.1, -0.05) is 13.8 Å². The Morgan fingerprint density at radius 1 is 1.02 bits per heavy atom. The van der Waals surface area contributed by atoms with Crippen molar-refractivity contribution in [1.82, 2.24) is 28.4 Å². The lowest BCUT2D eigenvalue weighted by Crippen LogP contribution is -2.19. The predicted octanol–water partition coefficient (Wildman–Crippen LogP) is 4.21. The van der Waals surface area contributed by atoms with Gasteiger partial charge in [-0.2, -0.15) is 17.9 Å². The summed E-state index contributed by atoms with van der Waals surface area (Å²) in [5, 5.41) is 26.8. The molecule has 4 atom stereocenters. The van der Waals surface area contributed by atoms with Crippen LogP contribution in [-0.2, 0) is 9.47 Å². The third kappa shape index (κ3) is 12.7. The lowest BCUT2D eigenvalue weighted by molar-refractivity contribution is -0.0204. The zero-order valence-electron chi connectivity index (χ0n) is 29.1. The Hall–Kier alpha value is -3.39. The standard InChI is InChI=1S/C15H20N4O2.C13H17N3O3.C3H5NS.C2H6.H3O2P/c1-18(2)10-17-13-5-7-16-15-12(13)6-8-19(15)14-4-3-11(9-20)21-14;17-9-1-2-10-3-4-12(19-10)16-7-5-11(18)15-8-6-14-13(15)16;4-2-1-3-5;1-2;1-3-2/h5-8,10-11,14,20H,3-4,9H2,1-2H3;5-8,10,12,17H,1-4,9H2;5H,1,3H2;1-2H3;1-3H. The molecule has 0 aliphatic carbocycles. The van der Waals surface area contributed by atoms with E-state index >= 15 is 0 Å². The van der Waals surface area contributed by atoms with Crippen molar-refractivity contribution >= 4 is 50.5 Å². The zero-order valence-corrected chi connectivity index (χ0v) is 31.0. The average molecular weight is 735 g/mol. The monoisotopic (exact) mass is 734 g/mol. The van der Waals surface area contributed by atoms with Gasteiger partial charge in [-0.05, 0) is 50.7 Å². The molecule has 2 fully saturated rings. The Kier molecular flexibility index (Phi) is 20.5. The molecule has 6 heterocycles. The van der Waals surface area contributed by atoms with Gasteiger partial charge in [-0.15, -0.1) is 0 Å². The highest BCUT2D eigenvalue weighted by Gasteiger charge is 2.28. The third-order valence-electron chi connectivity index (χ3n) is 7.39. The SMILES string of the molecule is CC.CN(C)C=Nc1ccnc2c1ccn2C1CCC(CO)O1.N#CCCS.O=c1ccn(C2CCC(CCCO)O2)c2nccn12.OPO. The molecule has 0 bridgehead atoms. The van der Waals surface area contributed by atoms with Gasteiger partial charge in [-0.25, -0.2) is 15.0 Å². The van der Waals surface area contributed by atoms with E-state index < -0.39 is 9.03 Å². The van der Waals surface area contributed by atoms with Gasteiger partial charge in [0.05, 0.1) is 36.9 Å². The summed E-state index contributed by atoms with van der Waals surface area (Å²) in [6, 6.07) is 7.38. The Morgan fingerprint density at radius 2 is 1.68 bits per heavy atom. The number of pyridine rings is 1. The van der Waals surface area contributed by atoms with Crippen LogP contribution >= 0.6 is 21.7 Å². The molecule has 6 rings (SSSR count). The second-order valence-corrected chi connectivity index (χ2v) is 11.7. The number of nitriles is 1. The molecule has 4 aromatic rings. The minimum Gasteiger partial charge on any atom is -0.396 e. The van der Waals surface area contributed by atoms with E-state index in [-0.39, 0.29) is 43.4 Å². The maximum atomic E-state index is 11.7. The molecule has 0 aromatic carbocycles.